The maximum absolute atomic E-state index is 6.02. The predicted molar refractivity (Wildman–Crippen MR) is 68.7 cm³/mol. The minimum atomic E-state index is 0.707. The number of halogens is 1. The molecule has 0 aliphatic heterocycles. The molecular formula is C11H14ClNOS. The molecule has 0 fully saturated rings. The van der Waals surface area contributed by atoms with Crippen molar-refractivity contribution < 1.29 is 4.74 Å². The van der Waals surface area contributed by atoms with Crippen LogP contribution < -0.4 is 4.74 Å². The molecule has 15 heavy (non-hydrogen) atoms. The zero-order chi connectivity index (χ0) is 11.4. The Morgan fingerprint density at radius 3 is 2.60 bits per heavy atom. The van der Waals surface area contributed by atoms with Crippen LogP contribution in [0.1, 0.15) is 11.1 Å². The normalized spacial score (nSPS) is 11.7. The van der Waals surface area contributed by atoms with E-state index in [2.05, 4.69) is 4.99 Å². The number of methoxy groups -OCH3 is 1. The number of hydrogen-bond acceptors (Lipinski definition) is 3. The van der Waals surface area contributed by atoms with Crippen molar-refractivity contribution in [2.24, 2.45) is 4.99 Å². The summed E-state index contributed by atoms with van der Waals surface area (Å²) < 4.78 is 5.36. The van der Waals surface area contributed by atoms with Crippen molar-refractivity contribution in [3.63, 3.8) is 0 Å². The van der Waals surface area contributed by atoms with E-state index in [4.69, 9.17) is 16.3 Å². The van der Waals surface area contributed by atoms with Crippen LogP contribution in [0.3, 0.4) is 0 Å². The van der Waals surface area contributed by atoms with Crippen molar-refractivity contribution in [2.45, 2.75) is 6.92 Å². The lowest BCUT2D eigenvalue weighted by Crippen LogP contribution is -2.01. The number of rotatable bonds is 2. The standard InChI is InChI=1S/C11H14ClNOS/c1-7-5-8(12)6-9(10(7)14-3)11(13-2)15-4/h5-6H,1-4H3. The second kappa shape index (κ2) is 5.42. The summed E-state index contributed by atoms with van der Waals surface area (Å²) in [5.74, 6) is 0.842. The summed E-state index contributed by atoms with van der Waals surface area (Å²) in [5, 5.41) is 1.64. The van der Waals surface area contributed by atoms with Gasteiger partial charge in [-0.2, -0.15) is 0 Å². The smallest absolute Gasteiger partial charge is 0.131 e. The Morgan fingerprint density at radius 2 is 2.13 bits per heavy atom. The van der Waals surface area contributed by atoms with E-state index in [0.717, 1.165) is 21.9 Å². The molecule has 0 unspecified atom stereocenters. The van der Waals surface area contributed by atoms with Gasteiger partial charge in [0.25, 0.3) is 0 Å². The number of benzene rings is 1. The SMILES string of the molecule is CN=C(SC)c1cc(Cl)cc(C)c1OC. The number of thioether (sulfide) groups is 1. The average molecular weight is 244 g/mol. The quantitative estimate of drug-likeness (QED) is 0.587. The third-order valence-electron chi connectivity index (χ3n) is 2.07. The van der Waals surface area contributed by atoms with E-state index < -0.39 is 0 Å². The highest BCUT2D eigenvalue weighted by Crippen LogP contribution is 2.30. The Kier molecular flexibility index (Phi) is 4.48. The van der Waals surface area contributed by atoms with Crippen molar-refractivity contribution in [1.82, 2.24) is 0 Å². The molecule has 0 aliphatic rings. The molecule has 82 valence electrons. The van der Waals surface area contributed by atoms with Crippen LogP contribution in [0.25, 0.3) is 0 Å². The van der Waals surface area contributed by atoms with E-state index in [1.165, 1.54) is 0 Å². The second-order valence-corrected chi connectivity index (χ2v) is 4.27. The van der Waals surface area contributed by atoms with E-state index in [9.17, 15) is 0 Å². The van der Waals surface area contributed by atoms with E-state index >= 15 is 0 Å². The molecule has 0 bridgehead atoms. The largest absolute Gasteiger partial charge is 0.496 e. The highest BCUT2D eigenvalue weighted by atomic mass is 35.5. The monoisotopic (exact) mass is 243 g/mol. The first-order chi connectivity index (χ1) is 7.13. The van der Waals surface area contributed by atoms with Crippen molar-refractivity contribution in [2.75, 3.05) is 20.4 Å². The van der Waals surface area contributed by atoms with Crippen LogP contribution in [0, 0.1) is 6.92 Å². The van der Waals surface area contributed by atoms with Crippen LogP contribution in [0.2, 0.25) is 5.02 Å². The minimum absolute atomic E-state index is 0.707. The van der Waals surface area contributed by atoms with Gasteiger partial charge in [-0.05, 0) is 30.9 Å². The Hall–Kier alpha value is -0.670. The highest BCUT2D eigenvalue weighted by molar-refractivity contribution is 8.13. The van der Waals surface area contributed by atoms with Gasteiger partial charge in [0.1, 0.15) is 10.8 Å². The summed E-state index contributed by atoms with van der Waals surface area (Å²) in [6.45, 7) is 1.97. The van der Waals surface area contributed by atoms with Gasteiger partial charge in [0.05, 0.1) is 12.7 Å². The zero-order valence-corrected chi connectivity index (χ0v) is 10.9. The van der Waals surface area contributed by atoms with Gasteiger partial charge < -0.3 is 4.74 Å². The van der Waals surface area contributed by atoms with E-state index in [0.29, 0.717) is 5.02 Å². The number of ether oxygens (including phenoxy) is 1. The molecule has 4 heteroatoms. The fourth-order valence-electron chi connectivity index (χ4n) is 1.48. The van der Waals surface area contributed by atoms with Crippen LogP contribution >= 0.6 is 23.4 Å². The molecule has 2 nitrogen and oxygen atoms in total. The molecule has 0 aliphatic carbocycles. The number of aryl methyl sites for hydroxylation is 1. The van der Waals surface area contributed by atoms with Gasteiger partial charge in [0.15, 0.2) is 0 Å². The second-order valence-electron chi connectivity index (χ2n) is 3.04. The molecule has 0 saturated carbocycles. The molecular weight excluding hydrogens is 230 g/mol. The van der Waals surface area contributed by atoms with Crippen molar-refractivity contribution >= 4 is 28.4 Å². The van der Waals surface area contributed by atoms with Crippen LogP contribution in [0.5, 0.6) is 5.75 Å². The summed E-state index contributed by atoms with van der Waals surface area (Å²) in [4.78, 5) is 4.21. The molecule has 1 aromatic carbocycles. The van der Waals surface area contributed by atoms with Gasteiger partial charge in [0, 0.05) is 12.1 Å². The van der Waals surface area contributed by atoms with E-state index in [1.54, 1.807) is 25.9 Å². The first-order valence-electron chi connectivity index (χ1n) is 4.49. The van der Waals surface area contributed by atoms with Crippen LogP contribution in [-0.2, 0) is 0 Å². The molecule has 0 atom stereocenters. The Bertz CT molecular complexity index is 390. The molecule has 0 heterocycles. The lowest BCUT2D eigenvalue weighted by atomic mass is 10.1. The third-order valence-corrected chi connectivity index (χ3v) is 3.08. The molecule has 0 saturated heterocycles. The first-order valence-corrected chi connectivity index (χ1v) is 6.09. The summed E-state index contributed by atoms with van der Waals surface area (Å²) in [7, 11) is 3.43. The molecule has 0 spiro atoms. The summed E-state index contributed by atoms with van der Waals surface area (Å²) in [5.41, 5.74) is 1.98. The number of hydrogen-bond donors (Lipinski definition) is 0. The van der Waals surface area contributed by atoms with Gasteiger partial charge >= 0.3 is 0 Å². The Labute approximate surface area is 99.7 Å². The van der Waals surface area contributed by atoms with Gasteiger partial charge in [-0.25, -0.2) is 0 Å². The minimum Gasteiger partial charge on any atom is -0.496 e. The average Bonchev–Trinajstić information content (AvgIpc) is 2.19. The van der Waals surface area contributed by atoms with Gasteiger partial charge in [-0.1, -0.05) is 11.6 Å². The third kappa shape index (κ3) is 2.67. The topological polar surface area (TPSA) is 21.6 Å². The highest BCUT2D eigenvalue weighted by Gasteiger charge is 2.12. The van der Waals surface area contributed by atoms with Crippen LogP contribution in [0.4, 0.5) is 0 Å². The first kappa shape index (κ1) is 12.4. The van der Waals surface area contributed by atoms with Gasteiger partial charge in [-0.3, -0.25) is 4.99 Å². The van der Waals surface area contributed by atoms with Crippen LogP contribution in [-0.4, -0.2) is 25.5 Å². The summed E-state index contributed by atoms with van der Waals surface area (Å²) in [6.07, 6.45) is 1.98. The lowest BCUT2D eigenvalue weighted by molar-refractivity contribution is 0.411. The Balaban J connectivity index is 3.38. The van der Waals surface area contributed by atoms with Gasteiger partial charge in [0.2, 0.25) is 0 Å². The van der Waals surface area contributed by atoms with E-state index in [-0.39, 0.29) is 0 Å². The molecule has 0 radical (unpaired) electrons. The molecule has 1 aromatic rings. The fraction of sp³-hybridized carbons (Fsp3) is 0.364. The van der Waals surface area contributed by atoms with Gasteiger partial charge in [-0.15, -0.1) is 11.8 Å². The molecule has 1 rings (SSSR count). The summed E-state index contributed by atoms with van der Waals surface area (Å²) >= 11 is 7.60. The Morgan fingerprint density at radius 1 is 1.47 bits per heavy atom. The van der Waals surface area contributed by atoms with E-state index in [1.807, 2.05) is 25.3 Å². The maximum atomic E-state index is 6.02. The number of nitrogens with zero attached hydrogens (tertiary/aromatic N) is 1. The molecule has 0 N–H and O–H groups in total. The summed E-state index contributed by atoms with van der Waals surface area (Å²) in [6, 6.07) is 3.77. The predicted octanol–water partition coefficient (Wildman–Crippen LogP) is 3.40. The van der Waals surface area contributed by atoms with Crippen LogP contribution in [0.15, 0.2) is 17.1 Å². The zero-order valence-electron chi connectivity index (χ0n) is 9.30. The lowest BCUT2D eigenvalue weighted by Gasteiger charge is -2.12. The van der Waals surface area contributed by atoms with Crippen molar-refractivity contribution in [3.8, 4) is 5.75 Å². The maximum Gasteiger partial charge on any atom is 0.131 e. The molecule has 0 amide bonds. The van der Waals surface area contributed by atoms with Crippen molar-refractivity contribution in [1.29, 1.82) is 0 Å². The fourth-order valence-corrected chi connectivity index (χ4v) is 2.31. The number of aliphatic imine (C=N–C) groups is 1. The van der Waals surface area contributed by atoms with Crippen molar-refractivity contribution in [3.05, 3.63) is 28.3 Å². The molecule has 0 aromatic heterocycles.